The highest BCUT2D eigenvalue weighted by molar-refractivity contribution is 5.69. The van der Waals surface area contributed by atoms with Crippen LogP contribution in [0.4, 0.5) is 0 Å². The summed E-state index contributed by atoms with van der Waals surface area (Å²) in [5.41, 5.74) is 1.33. The maximum atomic E-state index is 12.2. The number of nitrogens with zero attached hydrogens (tertiary/aromatic N) is 2. The van der Waals surface area contributed by atoms with E-state index in [-0.39, 0.29) is 13.4 Å². The van der Waals surface area contributed by atoms with Crippen LogP contribution in [-0.2, 0) is 14.3 Å². The van der Waals surface area contributed by atoms with Crippen molar-refractivity contribution < 1.29 is 14.3 Å². The molecule has 0 aliphatic heterocycles. The van der Waals surface area contributed by atoms with Gasteiger partial charge in [-0.25, -0.2) is 0 Å². The molecule has 0 amide bonds. The average Bonchev–Trinajstić information content (AvgIpc) is 3.13. The van der Waals surface area contributed by atoms with Gasteiger partial charge in [-0.3, -0.25) is 4.79 Å². The Morgan fingerprint density at radius 1 is 0.500 bits per heavy atom. The summed E-state index contributed by atoms with van der Waals surface area (Å²) < 4.78 is 5.44. The molecular formula is C47H92N2O3. The van der Waals surface area contributed by atoms with Gasteiger partial charge in [0.1, 0.15) is 13.4 Å². The molecule has 308 valence electrons. The zero-order chi connectivity index (χ0) is 37.9. The lowest BCUT2D eigenvalue weighted by Gasteiger charge is -2.27. The fourth-order valence-electron chi connectivity index (χ4n) is 6.44. The molecule has 5 nitrogen and oxygen atoms in total. The Morgan fingerprint density at radius 3 is 1.35 bits per heavy atom. The maximum absolute atomic E-state index is 12.2. The van der Waals surface area contributed by atoms with Crippen LogP contribution in [0.1, 0.15) is 214 Å². The molecule has 0 atom stereocenters. The lowest BCUT2D eigenvalue weighted by atomic mass is 10.1. The molecule has 0 heterocycles. The molecule has 0 aromatic carbocycles. The molecule has 0 saturated carbocycles. The van der Waals surface area contributed by atoms with Crippen molar-refractivity contribution in [1.29, 1.82) is 0 Å². The molecule has 0 radical (unpaired) electrons. The van der Waals surface area contributed by atoms with E-state index in [1.807, 2.05) is 12.9 Å². The van der Waals surface area contributed by atoms with Crippen molar-refractivity contribution in [3.63, 3.8) is 0 Å². The van der Waals surface area contributed by atoms with Gasteiger partial charge >= 0.3 is 5.97 Å². The third-order valence-electron chi connectivity index (χ3n) is 9.75. The highest BCUT2D eigenvalue weighted by Crippen LogP contribution is 2.17. The second-order valence-corrected chi connectivity index (χ2v) is 15.0. The van der Waals surface area contributed by atoms with Gasteiger partial charge in [-0.05, 0) is 97.7 Å². The molecule has 5 heteroatoms. The fraction of sp³-hybridized carbons (Fsp3) is 0.830. The van der Waals surface area contributed by atoms with Crippen molar-refractivity contribution in [2.45, 2.75) is 214 Å². The number of hydrogen-bond acceptors (Lipinski definition) is 5. The Bertz CT molecular complexity index is 779. The Kier molecular flexibility index (Phi) is 49.4. The van der Waals surface area contributed by atoms with Gasteiger partial charge in [0.2, 0.25) is 0 Å². The zero-order valence-corrected chi connectivity index (χ0v) is 34.9. The van der Waals surface area contributed by atoms with Crippen molar-refractivity contribution >= 4 is 12.8 Å². The lowest BCUT2D eigenvalue weighted by Crippen LogP contribution is -2.25. The molecule has 0 saturated heterocycles. The van der Waals surface area contributed by atoms with Gasteiger partial charge in [-0.1, -0.05) is 161 Å². The minimum atomic E-state index is -0.0519. The van der Waals surface area contributed by atoms with Crippen molar-refractivity contribution in [3.05, 3.63) is 36.6 Å². The molecule has 0 unspecified atom stereocenters. The minimum Gasteiger partial charge on any atom is -0.461 e. The van der Waals surface area contributed by atoms with Crippen LogP contribution < -0.4 is 0 Å². The SMILES string of the molecule is C.C=C(CCCCCCN(C)C)N(CCCCCCCC/C=C\CCCCCCCC)CCCCCC(=O)OC/C=C/CCCCCCCC.C=O. The van der Waals surface area contributed by atoms with Crippen LogP contribution in [0.2, 0.25) is 0 Å². The van der Waals surface area contributed by atoms with E-state index >= 15 is 0 Å². The summed E-state index contributed by atoms with van der Waals surface area (Å²) in [6.45, 7) is 14.9. The normalized spacial score (nSPS) is 11.2. The standard InChI is InChI=1S/C45H86N2O2.CH2O.CH4/c1-6-8-10-12-14-16-17-18-19-20-21-22-23-25-28-35-41-47(44(3)38-32-27-29-34-40-46(4)5)42-36-31-33-39-45(48)49-43-37-30-26-24-15-13-11-9-7-2;1-2;/h18-19,30,37H,3,6-17,20-29,31-36,38-43H2,1-2,4-5H3;1H2;1H4/b19-18-,37-30+;;. The summed E-state index contributed by atoms with van der Waals surface area (Å²) in [5.74, 6) is -0.0519. The number of esters is 1. The maximum Gasteiger partial charge on any atom is 0.306 e. The summed E-state index contributed by atoms with van der Waals surface area (Å²) in [5, 5.41) is 0. The number of ether oxygens (including phenoxy) is 1. The molecule has 52 heavy (non-hydrogen) atoms. The third-order valence-corrected chi connectivity index (χ3v) is 9.75. The van der Waals surface area contributed by atoms with E-state index in [1.54, 1.807) is 0 Å². The van der Waals surface area contributed by atoms with Gasteiger partial charge in [-0.2, -0.15) is 0 Å². The van der Waals surface area contributed by atoms with E-state index in [9.17, 15) is 4.79 Å². The monoisotopic (exact) mass is 733 g/mol. The average molecular weight is 733 g/mol. The quantitative estimate of drug-likeness (QED) is 0.0358. The van der Waals surface area contributed by atoms with Crippen LogP contribution in [0.3, 0.4) is 0 Å². The number of allylic oxidation sites excluding steroid dienone is 4. The summed E-state index contributed by atoms with van der Waals surface area (Å²) in [6, 6.07) is 0. The van der Waals surface area contributed by atoms with Gasteiger partial charge in [0.15, 0.2) is 0 Å². The van der Waals surface area contributed by atoms with E-state index in [0.717, 1.165) is 45.2 Å². The molecule has 0 fully saturated rings. The molecule has 0 bridgehead atoms. The van der Waals surface area contributed by atoms with Gasteiger partial charge in [0.05, 0.1) is 0 Å². The Labute approximate surface area is 326 Å². The number of carbonyl (C=O) groups is 2. The van der Waals surface area contributed by atoms with Gasteiger partial charge in [-0.15, -0.1) is 0 Å². The largest absolute Gasteiger partial charge is 0.461 e. The van der Waals surface area contributed by atoms with Crippen molar-refractivity contribution in [3.8, 4) is 0 Å². The van der Waals surface area contributed by atoms with E-state index < -0.39 is 0 Å². The first-order valence-electron chi connectivity index (χ1n) is 21.8. The molecular weight excluding hydrogens is 641 g/mol. The van der Waals surface area contributed by atoms with E-state index in [0.29, 0.717) is 13.0 Å². The number of hydrogen-bond donors (Lipinski definition) is 0. The summed E-state index contributed by atoms with van der Waals surface area (Å²) in [4.78, 5) is 25.1. The molecule has 0 spiro atoms. The van der Waals surface area contributed by atoms with Crippen LogP contribution in [0.25, 0.3) is 0 Å². The van der Waals surface area contributed by atoms with Crippen molar-refractivity contribution in [2.24, 2.45) is 0 Å². The number of unbranched alkanes of at least 4 members (excludes halogenated alkanes) is 23. The van der Waals surface area contributed by atoms with Crippen LogP contribution in [0, 0.1) is 0 Å². The van der Waals surface area contributed by atoms with E-state index in [4.69, 9.17) is 9.53 Å². The van der Waals surface area contributed by atoms with Crippen molar-refractivity contribution in [2.75, 3.05) is 40.3 Å². The molecule has 0 aromatic rings. The second-order valence-electron chi connectivity index (χ2n) is 15.0. The topological polar surface area (TPSA) is 49.9 Å². The molecule has 0 rings (SSSR count). The minimum absolute atomic E-state index is 0. The first-order chi connectivity index (χ1) is 25.0. The van der Waals surface area contributed by atoms with Crippen LogP contribution in [-0.4, -0.2) is 62.9 Å². The highest BCUT2D eigenvalue weighted by Gasteiger charge is 2.09. The molecule has 0 N–H and O–H groups in total. The van der Waals surface area contributed by atoms with Crippen LogP contribution in [0.15, 0.2) is 36.6 Å². The third kappa shape index (κ3) is 44.3. The smallest absolute Gasteiger partial charge is 0.306 e. The summed E-state index contributed by atoms with van der Waals surface area (Å²) in [7, 11) is 4.32. The fourth-order valence-corrected chi connectivity index (χ4v) is 6.44. The summed E-state index contributed by atoms with van der Waals surface area (Å²) >= 11 is 0. The highest BCUT2D eigenvalue weighted by atomic mass is 16.5. The lowest BCUT2D eigenvalue weighted by molar-refractivity contribution is -0.142. The Hall–Kier alpha value is -1.88. The van der Waals surface area contributed by atoms with Gasteiger partial charge in [0.25, 0.3) is 0 Å². The van der Waals surface area contributed by atoms with Crippen LogP contribution in [0.5, 0.6) is 0 Å². The Balaban J connectivity index is -0.00000785. The van der Waals surface area contributed by atoms with Gasteiger partial charge in [0, 0.05) is 25.2 Å². The predicted octanol–water partition coefficient (Wildman–Crippen LogP) is 14.2. The molecule has 0 aliphatic carbocycles. The van der Waals surface area contributed by atoms with E-state index in [1.165, 1.54) is 166 Å². The number of rotatable bonds is 39. The summed E-state index contributed by atoms with van der Waals surface area (Å²) in [6.07, 6.45) is 46.9. The van der Waals surface area contributed by atoms with Crippen LogP contribution >= 0.6 is 0 Å². The first-order valence-corrected chi connectivity index (χ1v) is 21.8. The number of carbonyl (C=O) groups excluding carboxylic acids is 2. The molecule has 0 aliphatic rings. The van der Waals surface area contributed by atoms with Gasteiger partial charge < -0.3 is 19.3 Å². The molecule has 0 aromatic heterocycles. The van der Waals surface area contributed by atoms with E-state index in [2.05, 4.69) is 62.5 Å². The van der Waals surface area contributed by atoms with Crippen molar-refractivity contribution in [1.82, 2.24) is 9.80 Å². The zero-order valence-electron chi connectivity index (χ0n) is 34.9. The Morgan fingerprint density at radius 2 is 0.865 bits per heavy atom. The second kappa shape index (κ2) is 47.1. The first kappa shape index (κ1) is 54.5. The predicted molar refractivity (Wildman–Crippen MR) is 232 cm³/mol.